The molecule has 16 heavy (non-hydrogen) atoms. The van der Waals surface area contributed by atoms with Gasteiger partial charge in [0, 0.05) is 11.3 Å². The van der Waals surface area contributed by atoms with E-state index in [0.717, 1.165) is 23.5 Å². The average Bonchev–Trinajstić information content (AvgIpc) is 2.55. The Morgan fingerprint density at radius 1 is 1.56 bits per heavy atom. The van der Waals surface area contributed by atoms with Gasteiger partial charge in [-0.25, -0.2) is 4.79 Å². The third kappa shape index (κ3) is 1.45. The van der Waals surface area contributed by atoms with Crippen molar-refractivity contribution in [2.75, 3.05) is 5.75 Å². The van der Waals surface area contributed by atoms with Gasteiger partial charge in [0.2, 0.25) is 5.91 Å². The molecule has 0 unspecified atom stereocenters. The van der Waals surface area contributed by atoms with Crippen LogP contribution in [-0.4, -0.2) is 33.7 Å². The van der Waals surface area contributed by atoms with Crippen LogP contribution >= 0.6 is 11.8 Å². The van der Waals surface area contributed by atoms with Crippen molar-refractivity contribution in [3.05, 3.63) is 10.6 Å². The highest BCUT2D eigenvalue weighted by Gasteiger charge is 2.53. The van der Waals surface area contributed by atoms with Gasteiger partial charge >= 0.3 is 5.97 Å². The smallest absolute Gasteiger partial charge is 0.353 e. The third-order valence-electron chi connectivity index (χ3n) is 3.21. The Hall–Kier alpha value is -0.970. The SMILES string of the molecule is CCSC1=C(C(=O)O)N2C(=O)[C@@H](CC)[C@H]2C1. The summed E-state index contributed by atoms with van der Waals surface area (Å²) >= 11 is 1.54. The zero-order chi connectivity index (χ0) is 11.9. The maximum Gasteiger partial charge on any atom is 0.353 e. The molecule has 0 radical (unpaired) electrons. The molecule has 2 heterocycles. The van der Waals surface area contributed by atoms with Crippen molar-refractivity contribution in [3.8, 4) is 0 Å². The summed E-state index contributed by atoms with van der Waals surface area (Å²) < 4.78 is 0. The molecule has 88 valence electrons. The third-order valence-corrected chi connectivity index (χ3v) is 4.21. The van der Waals surface area contributed by atoms with Gasteiger partial charge in [-0.05, 0) is 12.2 Å². The second-order valence-electron chi connectivity index (χ2n) is 4.00. The van der Waals surface area contributed by atoms with E-state index in [2.05, 4.69) is 0 Å². The number of carboxylic acid groups (broad SMARTS) is 1. The molecule has 2 aliphatic rings. The van der Waals surface area contributed by atoms with Gasteiger partial charge in [-0.3, -0.25) is 4.79 Å². The number of thioether (sulfide) groups is 1. The van der Waals surface area contributed by atoms with Crippen molar-refractivity contribution in [2.45, 2.75) is 32.7 Å². The van der Waals surface area contributed by atoms with E-state index in [0.29, 0.717) is 0 Å². The van der Waals surface area contributed by atoms with E-state index in [1.165, 1.54) is 4.90 Å². The molecule has 0 bridgehead atoms. The Morgan fingerprint density at radius 2 is 2.25 bits per heavy atom. The van der Waals surface area contributed by atoms with Crippen molar-refractivity contribution >= 4 is 23.6 Å². The highest BCUT2D eigenvalue weighted by molar-refractivity contribution is 8.03. The van der Waals surface area contributed by atoms with Crippen LogP contribution in [0.2, 0.25) is 0 Å². The number of hydrogen-bond donors (Lipinski definition) is 1. The Bertz CT molecular complexity index is 377. The zero-order valence-electron chi connectivity index (χ0n) is 9.40. The van der Waals surface area contributed by atoms with Crippen molar-refractivity contribution in [1.29, 1.82) is 0 Å². The summed E-state index contributed by atoms with van der Waals surface area (Å²) in [6.07, 6.45) is 1.53. The lowest BCUT2D eigenvalue weighted by molar-refractivity contribution is -0.155. The fourth-order valence-corrected chi connectivity index (χ4v) is 3.46. The summed E-state index contributed by atoms with van der Waals surface area (Å²) in [5.41, 5.74) is 0.228. The normalized spacial score (nSPS) is 28.1. The molecule has 4 nitrogen and oxygen atoms in total. The molecule has 1 fully saturated rings. The van der Waals surface area contributed by atoms with Crippen LogP contribution in [0.25, 0.3) is 0 Å². The standard InChI is InChI=1S/C11H15NO3S/c1-3-6-7-5-8(16-4-2)9(11(14)15)12(7)10(6)13/h6-7H,3-5H2,1-2H3,(H,14,15)/t6-,7+/m0/s1. The predicted molar refractivity (Wildman–Crippen MR) is 61.8 cm³/mol. The van der Waals surface area contributed by atoms with Crippen LogP contribution in [0.15, 0.2) is 10.6 Å². The second-order valence-corrected chi connectivity index (χ2v) is 5.36. The highest BCUT2D eigenvalue weighted by atomic mass is 32.2. The fraction of sp³-hybridized carbons (Fsp3) is 0.636. The van der Waals surface area contributed by atoms with E-state index in [9.17, 15) is 9.59 Å². The molecule has 2 aliphatic heterocycles. The number of amides is 1. The first-order valence-corrected chi connectivity index (χ1v) is 6.52. The maximum absolute atomic E-state index is 11.8. The second kappa shape index (κ2) is 4.13. The van der Waals surface area contributed by atoms with Gasteiger partial charge in [0.1, 0.15) is 5.70 Å². The van der Waals surface area contributed by atoms with Gasteiger partial charge in [0.25, 0.3) is 0 Å². The lowest BCUT2D eigenvalue weighted by atomic mass is 9.85. The van der Waals surface area contributed by atoms with E-state index < -0.39 is 5.97 Å². The average molecular weight is 241 g/mol. The quantitative estimate of drug-likeness (QED) is 0.761. The minimum Gasteiger partial charge on any atom is -0.477 e. The summed E-state index contributed by atoms with van der Waals surface area (Å²) in [6, 6.07) is 0.109. The van der Waals surface area contributed by atoms with Crippen molar-refractivity contribution in [2.24, 2.45) is 5.92 Å². The Kier molecular flexibility index (Phi) is 2.97. The lowest BCUT2D eigenvalue weighted by Gasteiger charge is -2.42. The van der Waals surface area contributed by atoms with Crippen LogP contribution in [0.1, 0.15) is 26.7 Å². The first-order valence-electron chi connectivity index (χ1n) is 5.54. The molecular formula is C11H15NO3S. The fourth-order valence-electron chi connectivity index (χ4n) is 2.51. The molecule has 1 saturated heterocycles. The molecule has 5 heteroatoms. The summed E-state index contributed by atoms with van der Waals surface area (Å²) in [4.78, 5) is 25.3. The molecule has 0 aromatic rings. The number of nitrogens with zero attached hydrogens (tertiary/aromatic N) is 1. The van der Waals surface area contributed by atoms with Crippen LogP contribution in [0.3, 0.4) is 0 Å². The zero-order valence-corrected chi connectivity index (χ0v) is 10.2. The molecule has 1 amide bonds. The van der Waals surface area contributed by atoms with Crippen LogP contribution in [0.5, 0.6) is 0 Å². The molecule has 0 saturated carbocycles. The van der Waals surface area contributed by atoms with E-state index in [1.807, 2.05) is 13.8 Å². The van der Waals surface area contributed by atoms with Crippen molar-refractivity contribution in [3.63, 3.8) is 0 Å². The number of aliphatic carboxylic acids is 1. The number of β-lactam (4-membered cyclic amide) rings is 1. The number of carboxylic acids is 1. The Balaban J connectivity index is 2.26. The lowest BCUT2D eigenvalue weighted by Crippen LogP contribution is -2.58. The van der Waals surface area contributed by atoms with Gasteiger partial charge in [-0.2, -0.15) is 0 Å². The molecule has 2 rings (SSSR count). The first kappa shape index (κ1) is 11.5. The van der Waals surface area contributed by atoms with E-state index in [-0.39, 0.29) is 23.6 Å². The predicted octanol–water partition coefficient (Wildman–Crippen LogP) is 1.68. The van der Waals surface area contributed by atoms with Crippen LogP contribution < -0.4 is 0 Å². The largest absolute Gasteiger partial charge is 0.477 e. The summed E-state index contributed by atoms with van der Waals surface area (Å²) in [7, 11) is 0. The maximum atomic E-state index is 11.8. The monoisotopic (exact) mass is 241 g/mol. The summed E-state index contributed by atoms with van der Waals surface area (Å²) in [6.45, 7) is 3.97. The van der Waals surface area contributed by atoms with Gasteiger partial charge in [-0.1, -0.05) is 13.8 Å². The minimum atomic E-state index is -0.971. The number of carbonyl (C=O) groups excluding carboxylic acids is 1. The molecule has 0 aromatic carbocycles. The number of hydrogen-bond acceptors (Lipinski definition) is 3. The summed E-state index contributed by atoms with van der Waals surface area (Å²) in [5.74, 6) is -0.111. The molecule has 0 aromatic heterocycles. The first-order chi connectivity index (χ1) is 7.61. The topological polar surface area (TPSA) is 57.6 Å². The Labute approximate surface area is 98.7 Å². The molecule has 0 aliphatic carbocycles. The van der Waals surface area contributed by atoms with E-state index >= 15 is 0 Å². The number of fused-ring (bicyclic) bond motifs is 1. The van der Waals surface area contributed by atoms with Gasteiger partial charge in [0.15, 0.2) is 0 Å². The number of rotatable bonds is 4. The van der Waals surface area contributed by atoms with Gasteiger partial charge in [0.05, 0.1) is 12.0 Å². The van der Waals surface area contributed by atoms with Crippen LogP contribution in [0, 0.1) is 5.92 Å². The summed E-state index contributed by atoms with van der Waals surface area (Å²) in [5, 5.41) is 9.14. The highest BCUT2D eigenvalue weighted by Crippen LogP contribution is 2.46. The van der Waals surface area contributed by atoms with E-state index in [1.54, 1.807) is 11.8 Å². The van der Waals surface area contributed by atoms with Crippen LogP contribution in [0.4, 0.5) is 0 Å². The number of carbonyl (C=O) groups is 2. The minimum absolute atomic E-state index is 0.0170. The molecular weight excluding hydrogens is 226 g/mol. The van der Waals surface area contributed by atoms with E-state index in [4.69, 9.17) is 5.11 Å². The van der Waals surface area contributed by atoms with Crippen molar-refractivity contribution in [1.82, 2.24) is 4.90 Å². The van der Waals surface area contributed by atoms with Crippen LogP contribution in [-0.2, 0) is 9.59 Å². The molecule has 1 N–H and O–H groups in total. The molecule has 2 atom stereocenters. The molecule has 0 spiro atoms. The van der Waals surface area contributed by atoms with Gasteiger partial charge < -0.3 is 10.0 Å². The Morgan fingerprint density at radius 3 is 2.75 bits per heavy atom. The van der Waals surface area contributed by atoms with Crippen molar-refractivity contribution < 1.29 is 14.7 Å². The van der Waals surface area contributed by atoms with Gasteiger partial charge in [-0.15, -0.1) is 11.8 Å².